The average molecular weight is 382 g/mol. The topological polar surface area (TPSA) is 113 Å². The molecular weight excluding hydrogens is 364 g/mol. The maximum absolute atomic E-state index is 12.6. The largest absolute Gasteiger partial charge is 0.508 e. The molecule has 0 aliphatic heterocycles. The molecule has 0 unspecified atom stereocenters. The lowest BCUT2D eigenvalue weighted by Crippen LogP contribution is -1.99. The summed E-state index contributed by atoms with van der Waals surface area (Å²) in [7, 11) is 1.48. The van der Waals surface area contributed by atoms with Crippen molar-refractivity contribution in [3.05, 3.63) is 45.8 Å². The zero-order valence-corrected chi connectivity index (χ0v) is 15.5. The lowest BCUT2D eigenvalue weighted by atomic mass is 10.0. The lowest BCUT2D eigenvalue weighted by Gasteiger charge is -2.10. The molecule has 4 rings (SSSR count). The van der Waals surface area contributed by atoms with Crippen LogP contribution in [0.3, 0.4) is 0 Å². The first-order chi connectivity index (χ1) is 13.3. The summed E-state index contributed by atoms with van der Waals surface area (Å²) in [4.78, 5) is 12.6. The van der Waals surface area contributed by atoms with Crippen LogP contribution in [-0.2, 0) is 6.42 Å². The number of aromatic hydroxyl groups is 3. The molecule has 0 aliphatic carbocycles. The zero-order valence-electron chi connectivity index (χ0n) is 15.5. The van der Waals surface area contributed by atoms with Gasteiger partial charge in [-0.3, -0.25) is 0 Å². The normalized spacial score (nSPS) is 11.4. The van der Waals surface area contributed by atoms with Crippen molar-refractivity contribution in [1.82, 2.24) is 0 Å². The van der Waals surface area contributed by atoms with E-state index in [4.69, 9.17) is 13.6 Å². The van der Waals surface area contributed by atoms with Gasteiger partial charge in [-0.15, -0.1) is 0 Å². The Bertz CT molecular complexity index is 1330. The van der Waals surface area contributed by atoms with Gasteiger partial charge in [-0.05, 0) is 20.3 Å². The van der Waals surface area contributed by atoms with E-state index in [0.29, 0.717) is 17.7 Å². The van der Waals surface area contributed by atoms with Crippen LogP contribution in [0.4, 0.5) is 0 Å². The summed E-state index contributed by atoms with van der Waals surface area (Å²) in [6.07, 6.45) is 2.33. The summed E-state index contributed by atoms with van der Waals surface area (Å²) in [6, 6.07) is 3.92. The van der Waals surface area contributed by atoms with Gasteiger partial charge >= 0.3 is 5.63 Å². The van der Waals surface area contributed by atoms with Crippen molar-refractivity contribution in [2.75, 3.05) is 7.11 Å². The third-order valence-electron chi connectivity index (χ3n) is 4.65. The van der Waals surface area contributed by atoms with Gasteiger partial charge in [-0.2, -0.15) is 0 Å². The predicted octanol–water partition coefficient (Wildman–Crippen LogP) is 4.33. The second kappa shape index (κ2) is 6.23. The number of hydrogen-bond acceptors (Lipinski definition) is 7. The number of benzene rings is 2. The Kier molecular flexibility index (Phi) is 3.96. The fourth-order valence-corrected chi connectivity index (χ4v) is 3.36. The van der Waals surface area contributed by atoms with Crippen molar-refractivity contribution in [3.63, 3.8) is 0 Å². The van der Waals surface area contributed by atoms with Gasteiger partial charge in [0.1, 0.15) is 44.9 Å². The van der Waals surface area contributed by atoms with Gasteiger partial charge in [0.15, 0.2) is 5.58 Å². The molecule has 0 radical (unpaired) electrons. The number of phenols is 3. The van der Waals surface area contributed by atoms with Gasteiger partial charge < -0.3 is 28.9 Å². The summed E-state index contributed by atoms with van der Waals surface area (Å²) in [5.41, 5.74) is 1.08. The number of methoxy groups -OCH3 is 1. The van der Waals surface area contributed by atoms with E-state index in [9.17, 15) is 20.1 Å². The van der Waals surface area contributed by atoms with Gasteiger partial charge in [-0.1, -0.05) is 11.6 Å². The van der Waals surface area contributed by atoms with Gasteiger partial charge in [-0.25, -0.2) is 4.79 Å². The minimum absolute atomic E-state index is 0.0158. The van der Waals surface area contributed by atoms with E-state index < -0.39 is 5.63 Å². The van der Waals surface area contributed by atoms with Crippen LogP contribution < -0.4 is 10.4 Å². The van der Waals surface area contributed by atoms with Gasteiger partial charge in [0.2, 0.25) is 0 Å². The molecule has 0 spiro atoms. The minimum atomic E-state index is -0.750. The molecule has 0 saturated carbocycles. The third-order valence-corrected chi connectivity index (χ3v) is 4.65. The Labute approximate surface area is 158 Å². The average Bonchev–Trinajstić information content (AvgIpc) is 2.99. The molecule has 0 bridgehead atoms. The van der Waals surface area contributed by atoms with Crippen molar-refractivity contribution in [1.29, 1.82) is 0 Å². The molecule has 2 aromatic heterocycles. The highest BCUT2D eigenvalue weighted by Gasteiger charge is 2.24. The van der Waals surface area contributed by atoms with E-state index in [1.165, 1.54) is 13.2 Å². The molecule has 0 amide bonds. The van der Waals surface area contributed by atoms with E-state index in [-0.39, 0.29) is 50.2 Å². The van der Waals surface area contributed by atoms with Crippen LogP contribution in [0.1, 0.15) is 19.4 Å². The van der Waals surface area contributed by atoms with Crippen LogP contribution >= 0.6 is 0 Å². The van der Waals surface area contributed by atoms with Crippen LogP contribution in [-0.4, -0.2) is 22.4 Å². The number of ether oxygens (including phenoxy) is 1. The Hall–Kier alpha value is -3.61. The first-order valence-electron chi connectivity index (χ1n) is 8.59. The zero-order chi connectivity index (χ0) is 20.2. The Morgan fingerprint density at radius 1 is 1.04 bits per heavy atom. The lowest BCUT2D eigenvalue weighted by molar-refractivity contribution is 0.402. The molecular formula is C21H18O7. The molecule has 0 atom stereocenters. The van der Waals surface area contributed by atoms with Gasteiger partial charge in [0.25, 0.3) is 0 Å². The van der Waals surface area contributed by atoms with Crippen molar-refractivity contribution in [2.24, 2.45) is 0 Å². The van der Waals surface area contributed by atoms with E-state index >= 15 is 0 Å². The van der Waals surface area contributed by atoms with E-state index in [1.54, 1.807) is 6.07 Å². The number of fused-ring (bicyclic) bond motifs is 5. The minimum Gasteiger partial charge on any atom is -0.508 e. The Balaban J connectivity index is 2.18. The highest BCUT2D eigenvalue weighted by Crippen LogP contribution is 2.44. The van der Waals surface area contributed by atoms with Gasteiger partial charge in [0, 0.05) is 23.8 Å². The molecule has 28 heavy (non-hydrogen) atoms. The summed E-state index contributed by atoms with van der Waals surface area (Å²) in [5, 5.41) is 31.2. The molecule has 0 fully saturated rings. The summed E-state index contributed by atoms with van der Waals surface area (Å²) in [6.45, 7) is 3.88. The summed E-state index contributed by atoms with van der Waals surface area (Å²) < 4.78 is 16.5. The van der Waals surface area contributed by atoms with Gasteiger partial charge in [0.05, 0.1) is 12.5 Å². The smallest absolute Gasteiger partial charge is 0.348 e. The number of hydrogen-bond donors (Lipinski definition) is 3. The fourth-order valence-electron chi connectivity index (χ4n) is 3.36. The molecule has 144 valence electrons. The number of allylic oxidation sites excluding steroid dienone is 2. The highest BCUT2D eigenvalue weighted by atomic mass is 16.5. The van der Waals surface area contributed by atoms with Crippen molar-refractivity contribution in [2.45, 2.75) is 20.3 Å². The van der Waals surface area contributed by atoms with E-state index in [2.05, 4.69) is 0 Å². The van der Waals surface area contributed by atoms with Crippen LogP contribution in [0.5, 0.6) is 23.0 Å². The number of rotatable bonds is 3. The second-order valence-corrected chi connectivity index (χ2v) is 6.80. The molecule has 7 nitrogen and oxygen atoms in total. The molecule has 0 saturated heterocycles. The molecule has 4 aromatic rings. The van der Waals surface area contributed by atoms with Crippen LogP contribution in [0, 0.1) is 0 Å². The predicted molar refractivity (Wildman–Crippen MR) is 104 cm³/mol. The number of furan rings is 1. The standard InChI is InChI=1S/C21H18O7/c1-9(2)4-5-11-13(26-3)8-15-17(19(11)24)18-20(27-15)16-12(23)6-10(22)7-14(16)28-21(18)25/h4,6-8,22-24H,5H2,1-3H3. The molecule has 2 aromatic carbocycles. The molecule has 0 aliphatic rings. The number of phenolic OH excluding ortho intramolecular Hbond substituents is 3. The highest BCUT2D eigenvalue weighted by molar-refractivity contribution is 6.17. The maximum atomic E-state index is 12.6. The van der Waals surface area contributed by atoms with Crippen LogP contribution in [0.15, 0.2) is 43.5 Å². The molecule has 7 heteroatoms. The fraction of sp³-hybridized carbons (Fsp3) is 0.190. The summed E-state index contributed by atoms with van der Waals surface area (Å²) in [5.74, 6) is -0.288. The van der Waals surface area contributed by atoms with E-state index in [0.717, 1.165) is 11.6 Å². The quantitative estimate of drug-likeness (QED) is 0.357. The van der Waals surface area contributed by atoms with Crippen molar-refractivity contribution >= 4 is 32.9 Å². The first kappa shape index (κ1) is 17.8. The second-order valence-electron chi connectivity index (χ2n) is 6.80. The van der Waals surface area contributed by atoms with Crippen LogP contribution in [0.25, 0.3) is 32.9 Å². The maximum Gasteiger partial charge on any atom is 0.348 e. The van der Waals surface area contributed by atoms with Crippen LogP contribution in [0.2, 0.25) is 0 Å². The summed E-state index contributed by atoms with van der Waals surface area (Å²) >= 11 is 0. The van der Waals surface area contributed by atoms with Crippen molar-refractivity contribution < 1.29 is 28.9 Å². The SMILES string of the molecule is COc1cc2oc3c4c(O)cc(O)cc4oc(=O)c3c2c(O)c1CC=C(C)C. The van der Waals surface area contributed by atoms with Crippen molar-refractivity contribution in [3.8, 4) is 23.0 Å². The van der Waals surface area contributed by atoms with E-state index in [1.807, 2.05) is 19.9 Å². The Morgan fingerprint density at radius 3 is 2.43 bits per heavy atom. The first-order valence-corrected chi connectivity index (χ1v) is 8.59. The third kappa shape index (κ3) is 2.55. The molecule has 3 N–H and O–H groups in total. The monoisotopic (exact) mass is 382 g/mol. The molecule has 2 heterocycles. The Morgan fingerprint density at radius 2 is 1.75 bits per heavy atom.